The molecule has 1 unspecified atom stereocenters. The van der Waals surface area contributed by atoms with Crippen LogP contribution >= 0.6 is 0 Å². The van der Waals surface area contributed by atoms with E-state index in [1.807, 2.05) is 38.4 Å². The van der Waals surface area contributed by atoms with Gasteiger partial charge in [0, 0.05) is 5.69 Å². The molecule has 0 fully saturated rings. The summed E-state index contributed by atoms with van der Waals surface area (Å²) in [7, 11) is 0. The van der Waals surface area contributed by atoms with E-state index in [4.69, 9.17) is 5.26 Å². The van der Waals surface area contributed by atoms with Gasteiger partial charge in [0.15, 0.2) is 0 Å². The van der Waals surface area contributed by atoms with Crippen LogP contribution in [0.15, 0.2) is 6.07 Å². The molecule has 1 aromatic heterocycles. The molecule has 0 spiro atoms. The van der Waals surface area contributed by atoms with E-state index < -0.39 is 5.54 Å². The Balaban J connectivity index is 3.21. The fourth-order valence-corrected chi connectivity index (χ4v) is 1.40. The third-order valence-electron chi connectivity index (χ3n) is 2.41. The van der Waals surface area contributed by atoms with Crippen molar-refractivity contribution in [2.24, 2.45) is 0 Å². The zero-order chi connectivity index (χ0) is 10.1. The first-order chi connectivity index (χ1) is 6.03. The molecule has 3 heteroatoms. The molecule has 0 aliphatic carbocycles. The number of nitrogens with zero attached hydrogens (tertiary/aromatic N) is 3. The highest BCUT2D eigenvalue weighted by Gasteiger charge is 2.26. The van der Waals surface area contributed by atoms with Gasteiger partial charge in [-0.25, -0.2) is 4.68 Å². The molecule has 70 valence electrons. The van der Waals surface area contributed by atoms with Gasteiger partial charge in [-0.2, -0.15) is 10.4 Å². The molecule has 0 aliphatic heterocycles. The first-order valence-corrected chi connectivity index (χ1v) is 4.48. The lowest BCUT2D eigenvalue weighted by molar-refractivity contribution is 0.358. The molecule has 0 N–H and O–H groups in total. The Morgan fingerprint density at radius 2 is 2.23 bits per heavy atom. The Hall–Kier alpha value is -1.30. The smallest absolute Gasteiger partial charge is 0.146 e. The van der Waals surface area contributed by atoms with Crippen LogP contribution in [0.5, 0.6) is 0 Å². The monoisotopic (exact) mass is 177 g/mol. The van der Waals surface area contributed by atoms with Gasteiger partial charge >= 0.3 is 0 Å². The number of hydrogen-bond acceptors (Lipinski definition) is 2. The second kappa shape index (κ2) is 3.21. The van der Waals surface area contributed by atoms with Crippen LogP contribution in [-0.4, -0.2) is 9.78 Å². The zero-order valence-electron chi connectivity index (χ0n) is 8.63. The molecule has 0 amide bonds. The quantitative estimate of drug-likeness (QED) is 0.694. The van der Waals surface area contributed by atoms with Crippen molar-refractivity contribution < 1.29 is 0 Å². The summed E-state index contributed by atoms with van der Waals surface area (Å²) in [5.41, 5.74) is 1.51. The van der Waals surface area contributed by atoms with Gasteiger partial charge in [0.1, 0.15) is 5.54 Å². The lowest BCUT2D eigenvalue weighted by Gasteiger charge is -2.21. The van der Waals surface area contributed by atoms with Crippen LogP contribution in [0.3, 0.4) is 0 Å². The van der Waals surface area contributed by atoms with Gasteiger partial charge in [0.2, 0.25) is 0 Å². The van der Waals surface area contributed by atoms with Crippen LogP contribution in [0.25, 0.3) is 0 Å². The number of aromatic nitrogens is 2. The largest absolute Gasteiger partial charge is 0.250 e. The second-order valence-corrected chi connectivity index (χ2v) is 3.58. The average molecular weight is 177 g/mol. The van der Waals surface area contributed by atoms with Gasteiger partial charge in [-0.1, -0.05) is 6.92 Å². The Bertz CT molecular complexity index is 346. The number of hydrogen-bond donors (Lipinski definition) is 0. The second-order valence-electron chi connectivity index (χ2n) is 3.58. The van der Waals surface area contributed by atoms with Gasteiger partial charge in [-0.05, 0) is 33.3 Å². The first kappa shape index (κ1) is 9.79. The normalized spacial score (nSPS) is 15.0. The summed E-state index contributed by atoms with van der Waals surface area (Å²) in [6.07, 6.45) is 0.769. The van der Waals surface area contributed by atoms with E-state index in [9.17, 15) is 0 Å². The fourth-order valence-electron chi connectivity index (χ4n) is 1.40. The van der Waals surface area contributed by atoms with Crippen molar-refractivity contribution in [3.63, 3.8) is 0 Å². The van der Waals surface area contributed by atoms with Crippen molar-refractivity contribution in [2.45, 2.75) is 39.7 Å². The summed E-state index contributed by atoms with van der Waals surface area (Å²) in [6.45, 7) is 7.83. The van der Waals surface area contributed by atoms with Crippen molar-refractivity contribution in [3.05, 3.63) is 17.5 Å². The van der Waals surface area contributed by atoms with Gasteiger partial charge in [0.25, 0.3) is 0 Å². The highest BCUT2D eigenvalue weighted by Crippen LogP contribution is 2.20. The minimum Gasteiger partial charge on any atom is -0.250 e. The molecule has 0 saturated heterocycles. The lowest BCUT2D eigenvalue weighted by Crippen LogP contribution is -2.29. The minimum atomic E-state index is -0.502. The van der Waals surface area contributed by atoms with Gasteiger partial charge in [0.05, 0.1) is 11.8 Å². The van der Waals surface area contributed by atoms with Crippen LogP contribution < -0.4 is 0 Å². The number of rotatable bonds is 2. The summed E-state index contributed by atoms with van der Waals surface area (Å²) in [5, 5.41) is 13.4. The third kappa shape index (κ3) is 1.57. The first-order valence-electron chi connectivity index (χ1n) is 4.48. The molecule has 1 heterocycles. The van der Waals surface area contributed by atoms with E-state index in [0.29, 0.717) is 0 Å². The predicted octanol–water partition coefficient (Wildman–Crippen LogP) is 2.15. The topological polar surface area (TPSA) is 41.6 Å². The van der Waals surface area contributed by atoms with Crippen LogP contribution in [0.4, 0.5) is 0 Å². The van der Waals surface area contributed by atoms with Gasteiger partial charge < -0.3 is 0 Å². The van der Waals surface area contributed by atoms with E-state index in [0.717, 1.165) is 17.8 Å². The molecular formula is C10H15N3. The van der Waals surface area contributed by atoms with Crippen LogP contribution in [0.2, 0.25) is 0 Å². The zero-order valence-corrected chi connectivity index (χ0v) is 8.63. The van der Waals surface area contributed by atoms with E-state index in [-0.39, 0.29) is 0 Å². The maximum absolute atomic E-state index is 9.06. The summed E-state index contributed by atoms with van der Waals surface area (Å²) in [5.74, 6) is 0. The molecule has 0 saturated carbocycles. The summed E-state index contributed by atoms with van der Waals surface area (Å²) in [6, 6.07) is 4.29. The highest BCUT2D eigenvalue weighted by molar-refractivity contribution is 5.13. The van der Waals surface area contributed by atoms with Gasteiger partial charge in [-0.15, -0.1) is 0 Å². The Labute approximate surface area is 79.0 Å². The standard InChI is InChI=1S/C10H15N3/c1-5-10(4,7-11)13-9(3)6-8(2)12-13/h6H,5H2,1-4H3. The molecule has 0 radical (unpaired) electrons. The summed E-state index contributed by atoms with van der Waals surface area (Å²) >= 11 is 0. The Morgan fingerprint density at radius 3 is 2.54 bits per heavy atom. The maximum atomic E-state index is 9.06. The van der Waals surface area contributed by atoms with Crippen molar-refractivity contribution in [1.29, 1.82) is 5.26 Å². The number of aryl methyl sites for hydroxylation is 2. The lowest BCUT2D eigenvalue weighted by atomic mass is 10.0. The van der Waals surface area contributed by atoms with E-state index in [1.54, 1.807) is 0 Å². The third-order valence-corrected chi connectivity index (χ3v) is 2.41. The fraction of sp³-hybridized carbons (Fsp3) is 0.600. The summed E-state index contributed by atoms with van der Waals surface area (Å²) < 4.78 is 1.81. The number of nitriles is 1. The van der Waals surface area contributed by atoms with Crippen LogP contribution in [0.1, 0.15) is 31.7 Å². The van der Waals surface area contributed by atoms with E-state index >= 15 is 0 Å². The van der Waals surface area contributed by atoms with Crippen molar-refractivity contribution >= 4 is 0 Å². The molecule has 0 aliphatic rings. The Kier molecular flexibility index (Phi) is 2.42. The molecule has 1 rings (SSSR count). The maximum Gasteiger partial charge on any atom is 0.146 e. The Morgan fingerprint density at radius 1 is 1.62 bits per heavy atom. The van der Waals surface area contributed by atoms with Crippen molar-refractivity contribution in [1.82, 2.24) is 9.78 Å². The molecule has 0 aromatic carbocycles. The van der Waals surface area contributed by atoms with Crippen LogP contribution in [0, 0.1) is 25.2 Å². The molecule has 3 nitrogen and oxygen atoms in total. The highest BCUT2D eigenvalue weighted by atomic mass is 15.3. The van der Waals surface area contributed by atoms with E-state index in [1.165, 1.54) is 0 Å². The van der Waals surface area contributed by atoms with Crippen molar-refractivity contribution in [3.8, 4) is 6.07 Å². The van der Waals surface area contributed by atoms with Crippen molar-refractivity contribution in [2.75, 3.05) is 0 Å². The molecule has 1 atom stereocenters. The van der Waals surface area contributed by atoms with Crippen LogP contribution in [-0.2, 0) is 5.54 Å². The predicted molar refractivity (Wildman–Crippen MR) is 51.3 cm³/mol. The molecule has 1 aromatic rings. The average Bonchev–Trinajstić information content (AvgIpc) is 2.44. The molecule has 0 bridgehead atoms. The summed E-state index contributed by atoms with van der Waals surface area (Å²) in [4.78, 5) is 0. The SMILES string of the molecule is CCC(C)(C#N)n1nc(C)cc1C. The molecular weight excluding hydrogens is 162 g/mol. The van der Waals surface area contributed by atoms with Gasteiger partial charge in [-0.3, -0.25) is 0 Å². The minimum absolute atomic E-state index is 0.502. The molecule has 13 heavy (non-hydrogen) atoms. The van der Waals surface area contributed by atoms with E-state index in [2.05, 4.69) is 11.2 Å².